The molecule has 2 aliphatic carbocycles. The average Bonchev–Trinajstić information content (AvgIpc) is 2.81. The summed E-state index contributed by atoms with van der Waals surface area (Å²) >= 11 is 0. The molecule has 3 fully saturated rings. The van der Waals surface area contributed by atoms with Gasteiger partial charge in [0.1, 0.15) is 11.4 Å². The van der Waals surface area contributed by atoms with Crippen LogP contribution in [0.2, 0.25) is 0 Å². The molecule has 3 heteroatoms. The highest BCUT2D eigenvalue weighted by molar-refractivity contribution is 5.88. The number of fused-ring (bicyclic) bond motifs is 1. The Morgan fingerprint density at radius 2 is 1.88 bits per heavy atom. The lowest BCUT2D eigenvalue weighted by atomic mass is 9.72. The number of carbonyl (C=O) groups excluding carboxylic acids is 1. The first-order valence-electron chi connectivity index (χ1n) is 6.37. The van der Waals surface area contributed by atoms with E-state index in [1.807, 2.05) is 13.8 Å². The van der Waals surface area contributed by atoms with Crippen LogP contribution in [-0.2, 0) is 14.3 Å². The molecular formula is C13H20O3. The lowest BCUT2D eigenvalue weighted by Gasteiger charge is -2.38. The van der Waals surface area contributed by atoms with E-state index in [1.165, 1.54) is 0 Å². The number of rotatable bonds is 0. The Kier molecular flexibility index (Phi) is 2.06. The molecule has 1 heterocycles. The highest BCUT2D eigenvalue weighted by Crippen LogP contribution is 2.59. The van der Waals surface area contributed by atoms with Crippen molar-refractivity contribution < 1.29 is 14.3 Å². The first-order valence-corrected chi connectivity index (χ1v) is 6.37. The highest BCUT2D eigenvalue weighted by Gasteiger charge is 2.65. The molecule has 1 aliphatic heterocycles. The molecule has 2 spiro atoms. The summed E-state index contributed by atoms with van der Waals surface area (Å²) in [6, 6.07) is 0. The van der Waals surface area contributed by atoms with Crippen LogP contribution in [0, 0.1) is 5.41 Å². The van der Waals surface area contributed by atoms with Crippen molar-refractivity contribution in [3.8, 4) is 0 Å². The first kappa shape index (κ1) is 10.7. The van der Waals surface area contributed by atoms with E-state index < -0.39 is 5.79 Å². The van der Waals surface area contributed by atoms with Gasteiger partial charge in [-0.1, -0.05) is 0 Å². The van der Waals surface area contributed by atoms with Crippen molar-refractivity contribution in [3.05, 3.63) is 0 Å². The number of ketones is 1. The van der Waals surface area contributed by atoms with Crippen molar-refractivity contribution in [2.75, 3.05) is 6.61 Å². The first-order chi connectivity index (χ1) is 7.50. The normalized spacial score (nSPS) is 46.2. The zero-order valence-electron chi connectivity index (χ0n) is 10.2. The predicted octanol–water partition coefficient (Wildman–Crippen LogP) is 2.43. The van der Waals surface area contributed by atoms with Gasteiger partial charge in [-0.05, 0) is 46.0 Å². The molecule has 2 atom stereocenters. The van der Waals surface area contributed by atoms with Crippen LogP contribution in [0.5, 0.6) is 0 Å². The highest BCUT2D eigenvalue weighted by atomic mass is 16.8. The Balaban J connectivity index is 1.98. The van der Waals surface area contributed by atoms with Crippen LogP contribution in [-0.4, -0.2) is 23.8 Å². The molecule has 0 aromatic heterocycles. The van der Waals surface area contributed by atoms with Gasteiger partial charge in [0.2, 0.25) is 0 Å². The molecule has 2 saturated carbocycles. The molecule has 90 valence electrons. The topological polar surface area (TPSA) is 35.5 Å². The summed E-state index contributed by atoms with van der Waals surface area (Å²) in [5, 5.41) is 0. The largest absolute Gasteiger partial charge is 0.347 e. The van der Waals surface area contributed by atoms with Crippen molar-refractivity contribution in [2.45, 2.75) is 63.8 Å². The van der Waals surface area contributed by atoms with E-state index in [2.05, 4.69) is 0 Å². The Morgan fingerprint density at radius 3 is 2.44 bits per heavy atom. The van der Waals surface area contributed by atoms with Gasteiger partial charge in [-0.2, -0.15) is 0 Å². The van der Waals surface area contributed by atoms with Crippen LogP contribution in [0.3, 0.4) is 0 Å². The molecular weight excluding hydrogens is 204 g/mol. The van der Waals surface area contributed by atoms with Gasteiger partial charge in [-0.3, -0.25) is 4.79 Å². The second kappa shape index (κ2) is 3.08. The maximum absolute atomic E-state index is 12.2. The predicted molar refractivity (Wildman–Crippen MR) is 59.0 cm³/mol. The monoisotopic (exact) mass is 224 g/mol. The Bertz CT molecular complexity index is 332. The smallest absolute Gasteiger partial charge is 0.163 e. The van der Waals surface area contributed by atoms with E-state index in [0.29, 0.717) is 12.4 Å². The zero-order chi connectivity index (χ0) is 11.4. The van der Waals surface area contributed by atoms with Crippen LogP contribution in [0.4, 0.5) is 0 Å². The number of hydrogen-bond donors (Lipinski definition) is 0. The molecule has 0 aromatic carbocycles. The van der Waals surface area contributed by atoms with Gasteiger partial charge < -0.3 is 9.47 Å². The molecule has 3 rings (SSSR count). The standard InChI is InChI=1S/C13H20O3/c1-11(2)15-9-13(16-11)8-4-7-12(13)6-3-5-10(12)14/h3-9H2,1-2H3/t12-,13+/m1/s1. The Labute approximate surface area is 96.5 Å². The maximum atomic E-state index is 12.2. The van der Waals surface area contributed by atoms with Gasteiger partial charge in [0.25, 0.3) is 0 Å². The summed E-state index contributed by atoms with van der Waals surface area (Å²) in [6.07, 6.45) is 5.87. The van der Waals surface area contributed by atoms with Crippen molar-refractivity contribution in [2.24, 2.45) is 5.41 Å². The summed E-state index contributed by atoms with van der Waals surface area (Å²) in [5.41, 5.74) is -0.509. The lowest BCUT2D eigenvalue weighted by Crippen LogP contribution is -2.49. The van der Waals surface area contributed by atoms with E-state index in [-0.39, 0.29) is 11.0 Å². The van der Waals surface area contributed by atoms with Gasteiger partial charge in [0, 0.05) is 6.42 Å². The zero-order valence-corrected chi connectivity index (χ0v) is 10.2. The quantitative estimate of drug-likeness (QED) is 0.634. The molecule has 3 nitrogen and oxygen atoms in total. The average molecular weight is 224 g/mol. The Hall–Kier alpha value is -0.410. The van der Waals surface area contributed by atoms with Gasteiger partial charge in [0.05, 0.1) is 12.0 Å². The van der Waals surface area contributed by atoms with Gasteiger partial charge in [0.15, 0.2) is 5.79 Å². The molecule has 0 aromatic rings. The lowest BCUT2D eigenvalue weighted by molar-refractivity contribution is -0.184. The number of ether oxygens (including phenoxy) is 2. The summed E-state index contributed by atoms with van der Waals surface area (Å²) < 4.78 is 11.9. The minimum absolute atomic E-state index is 0.208. The fourth-order valence-electron chi connectivity index (χ4n) is 4.00. The molecule has 0 bridgehead atoms. The molecule has 0 N–H and O–H groups in total. The van der Waals surface area contributed by atoms with Crippen LogP contribution >= 0.6 is 0 Å². The third-order valence-corrected chi connectivity index (χ3v) is 4.69. The number of carbonyl (C=O) groups is 1. The van der Waals surface area contributed by atoms with E-state index in [0.717, 1.165) is 38.5 Å². The fraction of sp³-hybridized carbons (Fsp3) is 0.923. The van der Waals surface area contributed by atoms with E-state index >= 15 is 0 Å². The fourth-order valence-corrected chi connectivity index (χ4v) is 4.00. The Morgan fingerprint density at radius 1 is 1.12 bits per heavy atom. The molecule has 0 radical (unpaired) electrons. The third kappa shape index (κ3) is 1.19. The van der Waals surface area contributed by atoms with Crippen LogP contribution in [0.25, 0.3) is 0 Å². The van der Waals surface area contributed by atoms with Gasteiger partial charge >= 0.3 is 0 Å². The van der Waals surface area contributed by atoms with Gasteiger partial charge in [-0.15, -0.1) is 0 Å². The van der Waals surface area contributed by atoms with Crippen molar-refractivity contribution in [1.29, 1.82) is 0 Å². The van der Waals surface area contributed by atoms with Gasteiger partial charge in [-0.25, -0.2) is 0 Å². The SMILES string of the molecule is CC1(C)OC[C@]2(CCC[C@@]23CCCC3=O)O1. The molecule has 0 unspecified atom stereocenters. The summed E-state index contributed by atoms with van der Waals surface area (Å²) in [4.78, 5) is 12.2. The minimum atomic E-state index is -0.514. The van der Waals surface area contributed by atoms with Crippen molar-refractivity contribution >= 4 is 5.78 Å². The van der Waals surface area contributed by atoms with Crippen LogP contribution in [0.15, 0.2) is 0 Å². The molecule has 0 amide bonds. The van der Waals surface area contributed by atoms with Crippen molar-refractivity contribution in [3.63, 3.8) is 0 Å². The number of Topliss-reactive ketones (excluding diaryl/α,β-unsaturated/α-hetero) is 1. The molecule has 1 saturated heterocycles. The number of hydrogen-bond acceptors (Lipinski definition) is 3. The van der Waals surface area contributed by atoms with Crippen LogP contribution in [0.1, 0.15) is 52.4 Å². The van der Waals surface area contributed by atoms with E-state index in [1.54, 1.807) is 0 Å². The second-order valence-corrected chi connectivity index (χ2v) is 6.00. The van der Waals surface area contributed by atoms with E-state index in [4.69, 9.17) is 9.47 Å². The molecule has 16 heavy (non-hydrogen) atoms. The second-order valence-electron chi connectivity index (χ2n) is 6.00. The summed E-state index contributed by atoms with van der Waals surface area (Å²) in [7, 11) is 0. The summed E-state index contributed by atoms with van der Waals surface area (Å²) in [5.74, 6) is -0.0912. The molecule has 3 aliphatic rings. The van der Waals surface area contributed by atoms with Crippen molar-refractivity contribution in [1.82, 2.24) is 0 Å². The van der Waals surface area contributed by atoms with Crippen LogP contribution < -0.4 is 0 Å². The van der Waals surface area contributed by atoms with E-state index in [9.17, 15) is 4.79 Å². The maximum Gasteiger partial charge on any atom is 0.163 e. The summed E-state index contributed by atoms with van der Waals surface area (Å²) in [6.45, 7) is 4.51. The minimum Gasteiger partial charge on any atom is -0.347 e. The third-order valence-electron chi connectivity index (χ3n) is 4.69.